The number of amides is 1. The van der Waals surface area contributed by atoms with Gasteiger partial charge in [-0.3, -0.25) is 4.79 Å². The molecule has 4 rings (SSSR count). The van der Waals surface area contributed by atoms with Gasteiger partial charge in [-0.2, -0.15) is 0 Å². The summed E-state index contributed by atoms with van der Waals surface area (Å²) in [4.78, 5) is 14.4. The summed E-state index contributed by atoms with van der Waals surface area (Å²) in [5, 5.41) is 9.64. The second-order valence-electron chi connectivity index (χ2n) is 6.70. The number of hydrogen-bond acceptors (Lipinski definition) is 3. The molecule has 0 spiro atoms. The van der Waals surface area contributed by atoms with Gasteiger partial charge >= 0.3 is 0 Å². The highest BCUT2D eigenvalue weighted by atomic mass is 16.5. The number of phenolic OH excluding ortho intramolecular Hbond substituents is 1. The Kier molecular flexibility index (Phi) is 3.68. The van der Waals surface area contributed by atoms with E-state index in [0.717, 1.165) is 22.9 Å². The molecule has 1 saturated carbocycles. The lowest BCUT2D eigenvalue weighted by atomic mass is 10.1. The van der Waals surface area contributed by atoms with Gasteiger partial charge in [-0.15, -0.1) is 0 Å². The highest BCUT2D eigenvalue weighted by Crippen LogP contribution is 2.40. The number of anilines is 1. The van der Waals surface area contributed by atoms with Crippen LogP contribution in [0.4, 0.5) is 5.69 Å². The minimum atomic E-state index is -0.439. The third-order valence-corrected chi connectivity index (χ3v) is 4.86. The predicted molar refractivity (Wildman–Crippen MR) is 92.6 cm³/mol. The molecular weight excluding hydrogens is 302 g/mol. The molecule has 4 nitrogen and oxygen atoms in total. The van der Waals surface area contributed by atoms with Gasteiger partial charge in [0.1, 0.15) is 11.5 Å². The smallest absolute Gasteiger partial charge is 0.268 e. The zero-order valence-electron chi connectivity index (χ0n) is 13.7. The van der Waals surface area contributed by atoms with E-state index in [1.54, 1.807) is 17.0 Å². The van der Waals surface area contributed by atoms with Crippen LogP contribution >= 0.6 is 0 Å². The Morgan fingerprint density at radius 2 is 1.83 bits per heavy atom. The summed E-state index contributed by atoms with van der Waals surface area (Å²) < 4.78 is 5.91. The highest BCUT2D eigenvalue weighted by molar-refractivity contribution is 5.99. The first-order valence-electron chi connectivity index (χ1n) is 8.49. The molecule has 124 valence electrons. The number of carbonyl (C=O) groups excluding carboxylic acids is 1. The molecule has 1 atom stereocenters. The van der Waals surface area contributed by atoms with Crippen molar-refractivity contribution in [3.05, 3.63) is 53.6 Å². The second-order valence-corrected chi connectivity index (χ2v) is 6.70. The Morgan fingerprint density at radius 3 is 2.50 bits per heavy atom. The Morgan fingerprint density at radius 1 is 1.08 bits per heavy atom. The maximum atomic E-state index is 12.6. The van der Waals surface area contributed by atoms with Gasteiger partial charge < -0.3 is 14.7 Å². The molecule has 2 aromatic carbocycles. The Labute approximate surface area is 141 Å². The summed E-state index contributed by atoms with van der Waals surface area (Å²) in [7, 11) is 0. The molecule has 1 N–H and O–H groups in total. The van der Waals surface area contributed by atoms with Gasteiger partial charge in [-0.05, 0) is 67.1 Å². The Balaban J connectivity index is 1.45. The van der Waals surface area contributed by atoms with E-state index in [1.807, 2.05) is 25.1 Å². The lowest BCUT2D eigenvalue weighted by molar-refractivity contribution is -0.122. The third-order valence-electron chi connectivity index (χ3n) is 4.86. The van der Waals surface area contributed by atoms with Crippen LogP contribution in [-0.4, -0.2) is 23.7 Å². The fraction of sp³-hybridized carbons (Fsp3) is 0.350. The Bertz CT molecular complexity index is 765. The van der Waals surface area contributed by atoms with Crippen molar-refractivity contribution in [2.24, 2.45) is 0 Å². The van der Waals surface area contributed by atoms with Gasteiger partial charge in [0.2, 0.25) is 0 Å². The maximum Gasteiger partial charge on any atom is 0.268 e. The van der Waals surface area contributed by atoms with Gasteiger partial charge in [0, 0.05) is 18.7 Å². The number of hydrogen-bond donors (Lipinski definition) is 1. The summed E-state index contributed by atoms with van der Waals surface area (Å²) in [6, 6.07) is 13.4. The van der Waals surface area contributed by atoms with E-state index in [2.05, 4.69) is 12.1 Å². The van der Waals surface area contributed by atoms with Crippen LogP contribution in [0.25, 0.3) is 0 Å². The van der Waals surface area contributed by atoms with Crippen LogP contribution in [0, 0.1) is 6.92 Å². The van der Waals surface area contributed by atoms with Crippen LogP contribution in [0.5, 0.6) is 11.5 Å². The fourth-order valence-corrected chi connectivity index (χ4v) is 3.23. The minimum Gasteiger partial charge on any atom is -0.508 e. The summed E-state index contributed by atoms with van der Waals surface area (Å²) in [6.45, 7) is 2.46. The standard InChI is InChI=1S/C20H21NO3/c1-13-12-16(6-9-18(13)22)21-11-10-19(20(21)23)24-17-7-4-15(5-8-17)14-2-3-14/h4-9,12,14,19,22H,2-3,10-11H2,1H3. The van der Waals surface area contributed by atoms with E-state index < -0.39 is 6.10 Å². The monoisotopic (exact) mass is 323 g/mol. The summed E-state index contributed by atoms with van der Waals surface area (Å²) >= 11 is 0. The number of phenols is 1. The average Bonchev–Trinajstić information content (AvgIpc) is 3.37. The number of aromatic hydroxyl groups is 1. The molecule has 4 heteroatoms. The Hall–Kier alpha value is -2.49. The molecule has 0 aromatic heterocycles. The molecule has 2 aliphatic rings. The van der Waals surface area contributed by atoms with Crippen molar-refractivity contribution in [1.82, 2.24) is 0 Å². The minimum absolute atomic E-state index is 0.0219. The summed E-state index contributed by atoms with van der Waals surface area (Å²) in [6.07, 6.45) is 2.79. The van der Waals surface area contributed by atoms with Crippen molar-refractivity contribution in [2.45, 2.75) is 38.2 Å². The van der Waals surface area contributed by atoms with Crippen LogP contribution in [0.15, 0.2) is 42.5 Å². The van der Waals surface area contributed by atoms with E-state index in [4.69, 9.17) is 4.74 Å². The van der Waals surface area contributed by atoms with Gasteiger partial charge in [0.15, 0.2) is 6.10 Å². The number of ether oxygens (including phenoxy) is 1. The largest absolute Gasteiger partial charge is 0.508 e. The number of nitrogens with zero attached hydrogens (tertiary/aromatic N) is 1. The zero-order chi connectivity index (χ0) is 16.7. The lowest BCUT2D eigenvalue weighted by Gasteiger charge is -2.18. The molecule has 1 amide bonds. The predicted octanol–water partition coefficient (Wildman–Crippen LogP) is 3.76. The first-order valence-corrected chi connectivity index (χ1v) is 8.49. The third kappa shape index (κ3) is 2.84. The van der Waals surface area contributed by atoms with Crippen LogP contribution < -0.4 is 9.64 Å². The normalized spacial score (nSPS) is 20.5. The van der Waals surface area contributed by atoms with Crippen molar-refractivity contribution in [2.75, 3.05) is 11.4 Å². The van der Waals surface area contributed by atoms with Crippen molar-refractivity contribution in [3.63, 3.8) is 0 Å². The average molecular weight is 323 g/mol. The fourth-order valence-electron chi connectivity index (χ4n) is 3.23. The van der Waals surface area contributed by atoms with Gasteiger partial charge in [0.25, 0.3) is 5.91 Å². The number of rotatable bonds is 4. The molecule has 1 unspecified atom stereocenters. The highest BCUT2D eigenvalue weighted by Gasteiger charge is 2.34. The van der Waals surface area contributed by atoms with Crippen molar-refractivity contribution in [3.8, 4) is 11.5 Å². The molecule has 0 bridgehead atoms. The molecular formula is C20H21NO3. The van der Waals surface area contributed by atoms with Crippen molar-refractivity contribution < 1.29 is 14.6 Å². The van der Waals surface area contributed by atoms with Gasteiger partial charge in [0.05, 0.1) is 0 Å². The van der Waals surface area contributed by atoms with E-state index in [1.165, 1.54) is 18.4 Å². The van der Waals surface area contributed by atoms with E-state index in [0.29, 0.717) is 13.0 Å². The topological polar surface area (TPSA) is 49.8 Å². The van der Waals surface area contributed by atoms with Crippen LogP contribution in [0.3, 0.4) is 0 Å². The molecule has 24 heavy (non-hydrogen) atoms. The molecule has 2 aromatic rings. The molecule has 0 radical (unpaired) electrons. The lowest BCUT2D eigenvalue weighted by Crippen LogP contribution is -2.32. The number of carbonyl (C=O) groups is 1. The van der Waals surface area contributed by atoms with E-state index in [9.17, 15) is 9.90 Å². The SMILES string of the molecule is Cc1cc(N2CCC(Oc3ccc(C4CC4)cc3)C2=O)ccc1O. The summed E-state index contributed by atoms with van der Waals surface area (Å²) in [5.74, 6) is 1.70. The van der Waals surface area contributed by atoms with Crippen molar-refractivity contribution >= 4 is 11.6 Å². The van der Waals surface area contributed by atoms with E-state index >= 15 is 0 Å². The van der Waals surface area contributed by atoms with Crippen molar-refractivity contribution in [1.29, 1.82) is 0 Å². The second kappa shape index (κ2) is 5.86. The van der Waals surface area contributed by atoms with Crippen LogP contribution in [0.1, 0.15) is 36.3 Å². The molecule has 2 fully saturated rings. The molecule has 1 aliphatic carbocycles. The number of aryl methyl sites for hydroxylation is 1. The molecule has 1 saturated heterocycles. The first-order chi connectivity index (χ1) is 11.6. The summed E-state index contributed by atoms with van der Waals surface area (Å²) in [5.41, 5.74) is 2.94. The quantitative estimate of drug-likeness (QED) is 0.932. The first kappa shape index (κ1) is 15.1. The maximum absolute atomic E-state index is 12.6. The van der Waals surface area contributed by atoms with Crippen LogP contribution in [-0.2, 0) is 4.79 Å². The van der Waals surface area contributed by atoms with Gasteiger partial charge in [-0.1, -0.05) is 12.1 Å². The molecule has 1 aliphatic heterocycles. The van der Waals surface area contributed by atoms with E-state index in [-0.39, 0.29) is 11.7 Å². The number of benzene rings is 2. The van der Waals surface area contributed by atoms with Gasteiger partial charge in [-0.25, -0.2) is 0 Å². The van der Waals surface area contributed by atoms with Crippen LogP contribution in [0.2, 0.25) is 0 Å². The zero-order valence-corrected chi connectivity index (χ0v) is 13.7. The molecule has 1 heterocycles.